The van der Waals surface area contributed by atoms with Crippen molar-refractivity contribution >= 4 is 38.5 Å². The fraction of sp³-hybridized carbons (Fsp3) is 0.562. The highest BCUT2D eigenvalue weighted by Crippen LogP contribution is 2.33. The highest BCUT2D eigenvalue weighted by Gasteiger charge is 2.25. The standard InChI is InChI=1S/C16H23BrN2S/c1-10-6-12(17)7-11(2)14(10)19-15-18-9-13(20-15)8-16(3,4)5/h6-7,13H,8-9H2,1-5H3,(H,18,19). The highest BCUT2D eigenvalue weighted by atomic mass is 79.9. The molecule has 0 spiro atoms. The first-order valence-electron chi connectivity index (χ1n) is 6.99. The molecule has 1 aromatic carbocycles. The van der Waals surface area contributed by atoms with Gasteiger partial charge in [0.05, 0.1) is 6.54 Å². The minimum atomic E-state index is 0.367. The van der Waals surface area contributed by atoms with E-state index in [1.165, 1.54) is 23.2 Å². The van der Waals surface area contributed by atoms with Crippen LogP contribution in [0.15, 0.2) is 21.6 Å². The summed E-state index contributed by atoms with van der Waals surface area (Å²) < 4.78 is 1.13. The molecule has 0 fully saturated rings. The van der Waals surface area contributed by atoms with Crippen molar-refractivity contribution in [2.75, 3.05) is 11.9 Å². The molecule has 1 aromatic rings. The van der Waals surface area contributed by atoms with E-state index in [0.29, 0.717) is 10.7 Å². The molecule has 4 heteroatoms. The van der Waals surface area contributed by atoms with E-state index in [1.807, 2.05) is 11.8 Å². The summed E-state index contributed by atoms with van der Waals surface area (Å²) in [5, 5.41) is 5.18. The molecule has 0 aliphatic carbocycles. The zero-order chi connectivity index (χ0) is 14.9. The van der Waals surface area contributed by atoms with Gasteiger partial charge < -0.3 is 5.32 Å². The summed E-state index contributed by atoms with van der Waals surface area (Å²) in [6, 6.07) is 4.28. The molecule has 1 aliphatic rings. The lowest BCUT2D eigenvalue weighted by Gasteiger charge is -2.21. The van der Waals surface area contributed by atoms with Crippen LogP contribution in [0.2, 0.25) is 0 Å². The summed E-state index contributed by atoms with van der Waals surface area (Å²) in [7, 11) is 0. The maximum Gasteiger partial charge on any atom is 0.161 e. The van der Waals surface area contributed by atoms with Crippen molar-refractivity contribution in [3.05, 3.63) is 27.7 Å². The van der Waals surface area contributed by atoms with E-state index in [2.05, 4.69) is 73.0 Å². The van der Waals surface area contributed by atoms with Crippen LogP contribution in [0.25, 0.3) is 0 Å². The van der Waals surface area contributed by atoms with Crippen molar-refractivity contribution in [2.24, 2.45) is 10.4 Å². The second-order valence-corrected chi connectivity index (χ2v) is 8.89. The summed E-state index contributed by atoms with van der Waals surface area (Å²) in [6.45, 7) is 12.1. The van der Waals surface area contributed by atoms with Crippen molar-refractivity contribution in [1.82, 2.24) is 0 Å². The van der Waals surface area contributed by atoms with Crippen LogP contribution in [-0.4, -0.2) is 17.0 Å². The Hall–Kier alpha value is -0.480. The molecule has 0 aromatic heterocycles. The van der Waals surface area contributed by atoms with Crippen molar-refractivity contribution in [3.8, 4) is 0 Å². The van der Waals surface area contributed by atoms with Crippen LogP contribution in [0.1, 0.15) is 38.3 Å². The molecule has 0 bridgehead atoms. The van der Waals surface area contributed by atoms with Gasteiger partial charge in [0.15, 0.2) is 5.17 Å². The molecular formula is C16H23BrN2S. The Kier molecular flexibility index (Phi) is 4.85. The third-order valence-electron chi connectivity index (χ3n) is 3.29. The van der Waals surface area contributed by atoms with Crippen molar-refractivity contribution in [3.63, 3.8) is 0 Å². The largest absolute Gasteiger partial charge is 0.335 e. The maximum atomic E-state index is 4.66. The zero-order valence-corrected chi connectivity index (χ0v) is 15.3. The van der Waals surface area contributed by atoms with Gasteiger partial charge in [-0.05, 0) is 48.9 Å². The molecule has 20 heavy (non-hydrogen) atoms. The maximum absolute atomic E-state index is 4.66. The van der Waals surface area contributed by atoms with Crippen LogP contribution in [0, 0.1) is 19.3 Å². The number of nitrogens with one attached hydrogen (secondary N) is 1. The minimum absolute atomic E-state index is 0.367. The Morgan fingerprint density at radius 2 is 1.90 bits per heavy atom. The lowest BCUT2D eigenvalue weighted by molar-refractivity contribution is 0.375. The number of halogens is 1. The lowest BCUT2D eigenvalue weighted by atomic mass is 9.90. The van der Waals surface area contributed by atoms with Gasteiger partial charge in [0.1, 0.15) is 0 Å². The summed E-state index contributed by atoms with van der Waals surface area (Å²) in [5.74, 6) is 0. The molecule has 2 nitrogen and oxygen atoms in total. The number of rotatable bonds is 2. The van der Waals surface area contributed by atoms with Crippen molar-refractivity contribution in [2.45, 2.75) is 46.3 Å². The van der Waals surface area contributed by atoms with Gasteiger partial charge in [0.2, 0.25) is 0 Å². The molecule has 110 valence electrons. The monoisotopic (exact) mass is 354 g/mol. The molecule has 2 rings (SSSR count). The van der Waals surface area contributed by atoms with E-state index >= 15 is 0 Å². The number of amidine groups is 1. The summed E-state index contributed by atoms with van der Waals surface area (Å²) in [5.41, 5.74) is 4.06. The smallest absolute Gasteiger partial charge is 0.161 e. The second kappa shape index (κ2) is 6.10. The summed E-state index contributed by atoms with van der Waals surface area (Å²) >= 11 is 5.42. The van der Waals surface area contributed by atoms with Crippen LogP contribution < -0.4 is 5.32 Å². The predicted octanol–water partition coefficient (Wildman–Crippen LogP) is 5.39. The fourth-order valence-corrected chi connectivity index (χ4v) is 4.54. The molecule has 1 N–H and O–H groups in total. The van der Waals surface area contributed by atoms with Crippen molar-refractivity contribution < 1.29 is 0 Å². The predicted molar refractivity (Wildman–Crippen MR) is 95.0 cm³/mol. The third-order valence-corrected chi connectivity index (χ3v) is 4.85. The second-order valence-electron chi connectivity index (χ2n) is 6.69. The number of nitrogens with zero attached hydrogens (tertiary/aromatic N) is 1. The Morgan fingerprint density at radius 3 is 2.45 bits per heavy atom. The first-order chi connectivity index (χ1) is 9.24. The number of hydrogen-bond acceptors (Lipinski definition) is 3. The van der Waals surface area contributed by atoms with Gasteiger partial charge in [-0.3, -0.25) is 4.99 Å². The summed E-state index contributed by atoms with van der Waals surface area (Å²) in [4.78, 5) is 4.66. The Bertz CT molecular complexity index is 509. The quantitative estimate of drug-likeness (QED) is 0.770. The Balaban J connectivity index is 2.03. The average Bonchev–Trinajstić information content (AvgIpc) is 2.68. The van der Waals surface area contributed by atoms with E-state index in [1.54, 1.807) is 0 Å². The molecule has 1 atom stereocenters. The first kappa shape index (κ1) is 15.9. The van der Waals surface area contributed by atoms with Gasteiger partial charge in [-0.2, -0.15) is 0 Å². The van der Waals surface area contributed by atoms with Gasteiger partial charge in [-0.1, -0.05) is 48.5 Å². The number of anilines is 1. The van der Waals surface area contributed by atoms with Crippen LogP contribution >= 0.6 is 27.7 Å². The van der Waals surface area contributed by atoms with Gasteiger partial charge in [-0.25, -0.2) is 0 Å². The number of benzene rings is 1. The first-order valence-corrected chi connectivity index (χ1v) is 8.67. The molecule has 1 aliphatic heterocycles. The number of aryl methyl sites for hydroxylation is 2. The number of aliphatic imine (C=N–C) groups is 1. The summed E-state index contributed by atoms with van der Waals surface area (Å²) in [6.07, 6.45) is 1.20. The van der Waals surface area contributed by atoms with Crippen LogP contribution in [0.4, 0.5) is 5.69 Å². The third kappa shape index (κ3) is 4.26. The SMILES string of the molecule is Cc1cc(Br)cc(C)c1NC1=NCC(CC(C)(C)C)S1. The normalized spacial score (nSPS) is 19.1. The zero-order valence-electron chi connectivity index (χ0n) is 12.9. The number of thioether (sulfide) groups is 1. The molecule has 1 unspecified atom stereocenters. The molecule has 1 heterocycles. The Labute approximate surface area is 135 Å². The average molecular weight is 355 g/mol. The van der Waals surface area contributed by atoms with Crippen LogP contribution in [0.5, 0.6) is 0 Å². The molecule has 0 amide bonds. The van der Waals surface area contributed by atoms with Gasteiger partial charge >= 0.3 is 0 Å². The fourth-order valence-electron chi connectivity index (χ4n) is 2.49. The van der Waals surface area contributed by atoms with E-state index in [-0.39, 0.29) is 0 Å². The molecule has 0 saturated carbocycles. The van der Waals surface area contributed by atoms with Gasteiger partial charge in [0, 0.05) is 15.4 Å². The van der Waals surface area contributed by atoms with Gasteiger partial charge in [-0.15, -0.1) is 0 Å². The van der Waals surface area contributed by atoms with E-state index < -0.39 is 0 Å². The highest BCUT2D eigenvalue weighted by molar-refractivity contribution is 9.10. The van der Waals surface area contributed by atoms with Crippen LogP contribution in [-0.2, 0) is 0 Å². The molecule has 0 radical (unpaired) electrons. The van der Waals surface area contributed by atoms with Crippen molar-refractivity contribution in [1.29, 1.82) is 0 Å². The molecule has 0 saturated heterocycles. The van der Waals surface area contributed by atoms with E-state index in [9.17, 15) is 0 Å². The van der Waals surface area contributed by atoms with Gasteiger partial charge in [0.25, 0.3) is 0 Å². The Morgan fingerprint density at radius 1 is 1.30 bits per heavy atom. The minimum Gasteiger partial charge on any atom is -0.335 e. The van der Waals surface area contributed by atoms with Crippen LogP contribution in [0.3, 0.4) is 0 Å². The van der Waals surface area contributed by atoms with E-state index in [0.717, 1.165) is 16.2 Å². The number of hydrogen-bond donors (Lipinski definition) is 1. The topological polar surface area (TPSA) is 24.4 Å². The van der Waals surface area contributed by atoms with E-state index in [4.69, 9.17) is 0 Å². The molecular weight excluding hydrogens is 332 g/mol. The lowest BCUT2D eigenvalue weighted by Crippen LogP contribution is -2.16.